The van der Waals surface area contributed by atoms with E-state index in [1.165, 1.54) is 31.0 Å². The quantitative estimate of drug-likeness (QED) is 0.828. The largest absolute Gasteiger partial charge is 0.399 e. The van der Waals surface area contributed by atoms with Crippen molar-refractivity contribution in [2.45, 2.75) is 24.5 Å². The molecule has 3 nitrogen and oxygen atoms in total. The topological polar surface area (TPSA) is 55.1 Å². The Labute approximate surface area is 110 Å². The molecule has 1 aromatic carbocycles. The summed E-state index contributed by atoms with van der Waals surface area (Å²) in [5.74, 6) is 0.424. The van der Waals surface area contributed by atoms with Crippen molar-refractivity contribution in [2.24, 2.45) is 0 Å². The summed E-state index contributed by atoms with van der Waals surface area (Å²) in [6, 6.07) is 3.90. The first-order valence-electron chi connectivity index (χ1n) is 6.11. The van der Waals surface area contributed by atoms with Crippen LogP contribution in [0.5, 0.6) is 0 Å². The van der Waals surface area contributed by atoms with Crippen LogP contribution in [0.2, 0.25) is 0 Å². The van der Waals surface area contributed by atoms with Crippen LogP contribution in [0.4, 0.5) is 10.1 Å². The Morgan fingerprint density at radius 1 is 1.44 bits per heavy atom. The van der Waals surface area contributed by atoms with E-state index in [-0.39, 0.29) is 17.2 Å². The van der Waals surface area contributed by atoms with E-state index in [1.54, 1.807) is 0 Å². The summed E-state index contributed by atoms with van der Waals surface area (Å²) in [5.41, 5.74) is 6.07. The number of amides is 1. The number of rotatable bonds is 3. The van der Waals surface area contributed by atoms with Gasteiger partial charge in [-0.05, 0) is 36.8 Å². The predicted molar refractivity (Wildman–Crippen MR) is 73.2 cm³/mol. The fourth-order valence-corrected chi connectivity index (χ4v) is 3.26. The summed E-state index contributed by atoms with van der Waals surface area (Å²) in [5, 5.41) is 3.32. The van der Waals surface area contributed by atoms with Crippen LogP contribution in [-0.2, 0) is 0 Å². The van der Waals surface area contributed by atoms with Gasteiger partial charge in [0.15, 0.2) is 0 Å². The fraction of sp³-hybridized carbons (Fsp3) is 0.462. The van der Waals surface area contributed by atoms with Gasteiger partial charge in [0.05, 0.1) is 0 Å². The minimum Gasteiger partial charge on any atom is -0.399 e. The third-order valence-corrected chi connectivity index (χ3v) is 4.34. The zero-order valence-corrected chi connectivity index (χ0v) is 10.9. The summed E-state index contributed by atoms with van der Waals surface area (Å²) in [6.07, 6.45) is 3.62. The molecule has 18 heavy (non-hydrogen) atoms. The minimum absolute atomic E-state index is 0.257. The molecule has 1 unspecified atom stereocenters. The Kier molecular flexibility index (Phi) is 4.47. The average Bonchev–Trinajstić information content (AvgIpc) is 2.36. The molecular weight excluding hydrogens is 251 g/mol. The van der Waals surface area contributed by atoms with Crippen molar-refractivity contribution in [2.75, 3.05) is 18.0 Å². The Hall–Kier alpha value is -1.23. The monoisotopic (exact) mass is 268 g/mol. The van der Waals surface area contributed by atoms with Crippen LogP contribution in [0, 0.1) is 5.82 Å². The van der Waals surface area contributed by atoms with Gasteiger partial charge in [0.25, 0.3) is 5.91 Å². The maximum Gasteiger partial charge on any atom is 0.251 e. The number of hydrogen-bond acceptors (Lipinski definition) is 3. The minimum atomic E-state index is -0.479. The third kappa shape index (κ3) is 3.63. The van der Waals surface area contributed by atoms with Crippen molar-refractivity contribution < 1.29 is 9.18 Å². The summed E-state index contributed by atoms with van der Waals surface area (Å²) in [7, 11) is 0. The lowest BCUT2D eigenvalue weighted by Gasteiger charge is -2.21. The van der Waals surface area contributed by atoms with Crippen molar-refractivity contribution in [3.05, 3.63) is 29.6 Å². The number of nitrogen functional groups attached to an aromatic ring is 1. The highest BCUT2D eigenvalue weighted by molar-refractivity contribution is 7.99. The molecule has 1 saturated heterocycles. The smallest absolute Gasteiger partial charge is 0.251 e. The number of anilines is 1. The normalized spacial score (nSPS) is 19.5. The summed E-state index contributed by atoms with van der Waals surface area (Å²) >= 11 is 1.89. The number of hydrogen-bond donors (Lipinski definition) is 2. The number of carbonyl (C=O) groups excluding carboxylic acids is 1. The SMILES string of the molecule is Nc1cc(F)cc(C(=O)NCC2CCCCS2)c1. The van der Waals surface area contributed by atoms with Gasteiger partial charge < -0.3 is 11.1 Å². The van der Waals surface area contributed by atoms with Crippen LogP contribution < -0.4 is 11.1 Å². The van der Waals surface area contributed by atoms with Crippen molar-refractivity contribution >= 4 is 23.4 Å². The lowest BCUT2D eigenvalue weighted by Crippen LogP contribution is -2.32. The van der Waals surface area contributed by atoms with E-state index in [4.69, 9.17) is 5.73 Å². The number of halogens is 1. The first-order chi connectivity index (χ1) is 8.65. The van der Waals surface area contributed by atoms with Crippen LogP contribution in [0.15, 0.2) is 18.2 Å². The molecule has 1 aromatic rings. The zero-order chi connectivity index (χ0) is 13.0. The molecule has 0 bridgehead atoms. The van der Waals surface area contributed by atoms with Crippen molar-refractivity contribution in [3.8, 4) is 0 Å². The fourth-order valence-electron chi connectivity index (χ4n) is 2.02. The van der Waals surface area contributed by atoms with Gasteiger partial charge in [0, 0.05) is 23.0 Å². The molecule has 1 aliphatic rings. The first kappa shape index (κ1) is 13.2. The van der Waals surface area contributed by atoms with E-state index in [0.717, 1.165) is 12.2 Å². The molecule has 1 atom stereocenters. The second-order valence-corrected chi connectivity index (χ2v) is 5.88. The number of nitrogens with two attached hydrogens (primary N) is 1. The van der Waals surface area contributed by atoms with Crippen LogP contribution in [-0.4, -0.2) is 23.5 Å². The van der Waals surface area contributed by atoms with Crippen LogP contribution in [0.3, 0.4) is 0 Å². The van der Waals surface area contributed by atoms with E-state index in [0.29, 0.717) is 11.8 Å². The molecule has 2 rings (SSSR count). The van der Waals surface area contributed by atoms with E-state index in [1.807, 2.05) is 11.8 Å². The van der Waals surface area contributed by atoms with Crippen molar-refractivity contribution in [1.29, 1.82) is 0 Å². The molecule has 0 saturated carbocycles. The average molecular weight is 268 g/mol. The molecule has 1 fully saturated rings. The van der Waals surface area contributed by atoms with Crippen molar-refractivity contribution in [1.82, 2.24) is 5.32 Å². The van der Waals surface area contributed by atoms with Crippen molar-refractivity contribution in [3.63, 3.8) is 0 Å². The van der Waals surface area contributed by atoms with Gasteiger partial charge in [-0.2, -0.15) is 11.8 Å². The van der Waals surface area contributed by atoms with Crippen LogP contribution in [0.1, 0.15) is 29.6 Å². The molecule has 1 heterocycles. The highest BCUT2D eigenvalue weighted by Gasteiger charge is 2.15. The predicted octanol–water partition coefficient (Wildman–Crippen LogP) is 2.42. The number of benzene rings is 1. The maximum atomic E-state index is 13.1. The lowest BCUT2D eigenvalue weighted by molar-refractivity contribution is 0.0953. The summed E-state index contributed by atoms with van der Waals surface area (Å²) in [4.78, 5) is 11.8. The standard InChI is InChI=1S/C13H17FN2OS/c14-10-5-9(6-11(15)7-10)13(17)16-8-12-3-1-2-4-18-12/h5-7,12H,1-4,8,15H2,(H,16,17). The molecule has 1 amide bonds. The molecule has 5 heteroatoms. The van der Waals surface area contributed by atoms with E-state index < -0.39 is 5.82 Å². The van der Waals surface area contributed by atoms with E-state index in [2.05, 4.69) is 5.32 Å². The van der Waals surface area contributed by atoms with Gasteiger partial charge in [0.1, 0.15) is 5.82 Å². The molecule has 98 valence electrons. The molecule has 0 aliphatic carbocycles. The summed E-state index contributed by atoms with van der Waals surface area (Å²) < 4.78 is 13.1. The van der Waals surface area contributed by atoms with Gasteiger partial charge in [-0.25, -0.2) is 4.39 Å². The van der Waals surface area contributed by atoms with Gasteiger partial charge in [-0.1, -0.05) is 6.42 Å². The number of carbonyl (C=O) groups is 1. The Balaban J connectivity index is 1.90. The maximum absolute atomic E-state index is 13.1. The Bertz CT molecular complexity index is 413. The van der Waals surface area contributed by atoms with Crippen LogP contribution >= 0.6 is 11.8 Å². The van der Waals surface area contributed by atoms with Gasteiger partial charge >= 0.3 is 0 Å². The Morgan fingerprint density at radius 2 is 2.28 bits per heavy atom. The number of nitrogens with one attached hydrogen (secondary N) is 1. The molecule has 1 aliphatic heterocycles. The van der Waals surface area contributed by atoms with E-state index >= 15 is 0 Å². The van der Waals surface area contributed by atoms with Gasteiger partial charge in [-0.3, -0.25) is 4.79 Å². The number of thioether (sulfide) groups is 1. The molecule has 0 radical (unpaired) electrons. The first-order valence-corrected chi connectivity index (χ1v) is 7.16. The molecular formula is C13H17FN2OS. The van der Waals surface area contributed by atoms with Gasteiger partial charge in [-0.15, -0.1) is 0 Å². The van der Waals surface area contributed by atoms with Gasteiger partial charge in [0.2, 0.25) is 0 Å². The highest BCUT2D eigenvalue weighted by Crippen LogP contribution is 2.24. The molecule has 0 spiro atoms. The molecule has 3 N–H and O–H groups in total. The Morgan fingerprint density at radius 3 is 2.94 bits per heavy atom. The second kappa shape index (κ2) is 6.09. The summed E-state index contributed by atoms with van der Waals surface area (Å²) in [6.45, 7) is 0.639. The van der Waals surface area contributed by atoms with Crippen LogP contribution in [0.25, 0.3) is 0 Å². The third-order valence-electron chi connectivity index (χ3n) is 2.95. The zero-order valence-electron chi connectivity index (χ0n) is 10.1. The highest BCUT2D eigenvalue weighted by atomic mass is 32.2. The molecule has 0 aromatic heterocycles. The lowest BCUT2D eigenvalue weighted by atomic mass is 10.1. The second-order valence-electron chi connectivity index (χ2n) is 4.47. The van der Waals surface area contributed by atoms with E-state index in [9.17, 15) is 9.18 Å².